The first kappa shape index (κ1) is 32.2. The third kappa shape index (κ3) is 5.96. The molecule has 0 saturated carbocycles. The first-order valence-corrected chi connectivity index (χ1v) is 18.5. The Balaban J connectivity index is 1.23. The summed E-state index contributed by atoms with van der Waals surface area (Å²) in [5.41, 5.74) is 11.0. The zero-order chi connectivity index (χ0) is 36.6. The third-order valence-corrected chi connectivity index (χ3v) is 10.2. The summed E-state index contributed by atoms with van der Waals surface area (Å²) in [7, 11) is 0. The second-order valence-electron chi connectivity index (χ2n) is 13.6. The molecule has 4 heteroatoms. The fraction of sp³-hybridized carbons (Fsp3) is 0. The van der Waals surface area contributed by atoms with Gasteiger partial charge in [-0.1, -0.05) is 164 Å². The number of aromatic nitrogens is 3. The highest BCUT2D eigenvalue weighted by Crippen LogP contribution is 2.42. The fourth-order valence-electron chi connectivity index (χ4n) is 7.68. The second kappa shape index (κ2) is 13.8. The Labute approximate surface area is 319 Å². The number of rotatable bonds is 7. The highest BCUT2D eigenvalue weighted by atomic mass is 15.1. The Hall–Kier alpha value is -7.43. The van der Waals surface area contributed by atoms with Crippen molar-refractivity contribution in [3.05, 3.63) is 206 Å². The SMILES string of the molecule is c1ccc(-c2cc(-c3ccccc3)nc(-c3cccc4c3ccc3c(-c5ccccc5)nc5cc(N(c6ccccc6)c6ccccc6)ccc5c34)n2)cc1. The quantitative estimate of drug-likeness (QED) is 0.155. The number of para-hydroxylation sites is 2. The van der Waals surface area contributed by atoms with Crippen LogP contribution < -0.4 is 4.90 Å². The van der Waals surface area contributed by atoms with Crippen LogP contribution in [-0.2, 0) is 0 Å². The van der Waals surface area contributed by atoms with Gasteiger partial charge in [0.05, 0.1) is 22.6 Å². The van der Waals surface area contributed by atoms with E-state index in [1.807, 2.05) is 12.1 Å². The molecule has 0 bridgehead atoms. The summed E-state index contributed by atoms with van der Waals surface area (Å²) in [6.45, 7) is 0. The van der Waals surface area contributed by atoms with Gasteiger partial charge >= 0.3 is 0 Å². The van der Waals surface area contributed by atoms with Crippen molar-refractivity contribution in [1.29, 1.82) is 0 Å². The summed E-state index contributed by atoms with van der Waals surface area (Å²) in [5, 5.41) is 5.56. The predicted octanol–water partition coefficient (Wildman–Crippen LogP) is 13.5. The molecule has 258 valence electrons. The monoisotopic (exact) mass is 702 g/mol. The van der Waals surface area contributed by atoms with E-state index >= 15 is 0 Å². The van der Waals surface area contributed by atoms with Gasteiger partial charge in [-0.25, -0.2) is 15.0 Å². The molecule has 0 fully saturated rings. The lowest BCUT2D eigenvalue weighted by molar-refractivity contribution is 1.19. The van der Waals surface area contributed by atoms with Gasteiger partial charge in [-0.2, -0.15) is 0 Å². The molecule has 0 N–H and O–H groups in total. The van der Waals surface area contributed by atoms with Crippen LogP contribution in [0.1, 0.15) is 0 Å². The lowest BCUT2D eigenvalue weighted by Crippen LogP contribution is -2.09. The van der Waals surface area contributed by atoms with Gasteiger partial charge in [-0.15, -0.1) is 0 Å². The van der Waals surface area contributed by atoms with Crippen LogP contribution in [-0.4, -0.2) is 15.0 Å². The Bertz CT molecular complexity index is 2850. The summed E-state index contributed by atoms with van der Waals surface area (Å²) >= 11 is 0. The molecule has 0 unspecified atom stereocenters. The van der Waals surface area contributed by atoms with Crippen molar-refractivity contribution in [2.45, 2.75) is 0 Å². The topological polar surface area (TPSA) is 41.9 Å². The molecule has 0 radical (unpaired) electrons. The lowest BCUT2D eigenvalue weighted by atomic mass is 9.93. The van der Waals surface area contributed by atoms with Crippen LogP contribution in [0.5, 0.6) is 0 Å². The normalized spacial score (nSPS) is 11.3. The van der Waals surface area contributed by atoms with E-state index in [2.05, 4.69) is 199 Å². The zero-order valence-corrected chi connectivity index (χ0v) is 29.9. The van der Waals surface area contributed by atoms with Gasteiger partial charge in [-0.05, 0) is 53.2 Å². The standard InChI is InChI=1S/C51H34N4/c1-6-17-35(18-7-1)46-34-47(36-19-8-2-9-20-36)54-51(53-46)43-28-16-27-42-41(43)31-32-45-49(42)44-30-29-40(33-48(44)52-50(45)37-21-10-3-11-22-37)55(38-23-12-4-13-24-38)39-25-14-5-15-26-39/h1-34H. The number of hydrogen-bond donors (Lipinski definition) is 0. The Morgan fingerprint density at radius 3 is 1.42 bits per heavy atom. The van der Waals surface area contributed by atoms with Crippen LogP contribution in [0, 0.1) is 0 Å². The highest BCUT2D eigenvalue weighted by Gasteiger charge is 2.19. The molecule has 0 spiro atoms. The average Bonchev–Trinajstić information content (AvgIpc) is 3.27. The molecule has 55 heavy (non-hydrogen) atoms. The highest BCUT2D eigenvalue weighted by molar-refractivity contribution is 6.24. The summed E-state index contributed by atoms with van der Waals surface area (Å²) in [6, 6.07) is 71.9. The molecular weight excluding hydrogens is 669 g/mol. The molecule has 0 aliphatic carbocycles. The molecule has 2 aromatic heterocycles. The van der Waals surface area contributed by atoms with Crippen molar-refractivity contribution in [2.75, 3.05) is 4.90 Å². The molecule has 0 aliphatic rings. The number of pyridine rings is 1. The van der Waals surface area contributed by atoms with Crippen molar-refractivity contribution in [3.8, 4) is 45.2 Å². The van der Waals surface area contributed by atoms with Gasteiger partial charge < -0.3 is 4.90 Å². The van der Waals surface area contributed by atoms with Gasteiger partial charge in [0, 0.05) is 55.5 Å². The zero-order valence-electron chi connectivity index (χ0n) is 29.9. The Kier molecular flexibility index (Phi) is 8.12. The van der Waals surface area contributed by atoms with Crippen molar-refractivity contribution in [1.82, 2.24) is 15.0 Å². The van der Waals surface area contributed by atoms with Crippen LogP contribution in [0.3, 0.4) is 0 Å². The Morgan fingerprint density at radius 1 is 0.327 bits per heavy atom. The maximum Gasteiger partial charge on any atom is 0.161 e. The van der Waals surface area contributed by atoms with E-state index in [9.17, 15) is 0 Å². The van der Waals surface area contributed by atoms with Gasteiger partial charge in [0.25, 0.3) is 0 Å². The molecule has 0 atom stereocenters. The first-order chi connectivity index (χ1) is 27.3. The van der Waals surface area contributed by atoms with Gasteiger partial charge in [0.15, 0.2) is 5.82 Å². The molecule has 0 aliphatic heterocycles. The predicted molar refractivity (Wildman–Crippen MR) is 229 cm³/mol. The van der Waals surface area contributed by atoms with Crippen LogP contribution in [0.4, 0.5) is 17.1 Å². The number of nitrogens with zero attached hydrogens (tertiary/aromatic N) is 4. The molecule has 8 aromatic carbocycles. The van der Waals surface area contributed by atoms with Crippen LogP contribution in [0.15, 0.2) is 206 Å². The van der Waals surface area contributed by atoms with E-state index in [-0.39, 0.29) is 0 Å². The maximum atomic E-state index is 5.43. The smallest absolute Gasteiger partial charge is 0.161 e. The number of hydrogen-bond acceptors (Lipinski definition) is 4. The largest absolute Gasteiger partial charge is 0.310 e. The summed E-state index contributed by atoms with van der Waals surface area (Å²) in [5.74, 6) is 0.690. The van der Waals surface area contributed by atoms with Crippen molar-refractivity contribution in [2.24, 2.45) is 0 Å². The van der Waals surface area contributed by atoms with E-state index in [0.717, 1.165) is 88.8 Å². The average molecular weight is 703 g/mol. The molecule has 2 heterocycles. The number of fused-ring (bicyclic) bond motifs is 5. The maximum absolute atomic E-state index is 5.43. The van der Waals surface area contributed by atoms with E-state index in [1.165, 1.54) is 0 Å². The van der Waals surface area contributed by atoms with Crippen LogP contribution >= 0.6 is 0 Å². The second-order valence-corrected chi connectivity index (χ2v) is 13.6. The third-order valence-electron chi connectivity index (χ3n) is 10.2. The minimum absolute atomic E-state index is 0.690. The van der Waals surface area contributed by atoms with Gasteiger partial charge in [-0.3, -0.25) is 0 Å². The van der Waals surface area contributed by atoms with E-state index in [1.54, 1.807) is 0 Å². The van der Waals surface area contributed by atoms with Gasteiger partial charge in [0.2, 0.25) is 0 Å². The van der Waals surface area contributed by atoms with E-state index < -0.39 is 0 Å². The minimum Gasteiger partial charge on any atom is -0.310 e. The van der Waals surface area contributed by atoms with E-state index in [4.69, 9.17) is 15.0 Å². The molecule has 0 amide bonds. The Morgan fingerprint density at radius 2 is 0.836 bits per heavy atom. The summed E-state index contributed by atoms with van der Waals surface area (Å²) in [4.78, 5) is 18.2. The fourth-order valence-corrected chi connectivity index (χ4v) is 7.68. The molecule has 4 nitrogen and oxygen atoms in total. The lowest BCUT2D eigenvalue weighted by Gasteiger charge is -2.26. The molecular formula is C51H34N4. The van der Waals surface area contributed by atoms with Crippen molar-refractivity contribution < 1.29 is 0 Å². The van der Waals surface area contributed by atoms with Gasteiger partial charge in [0.1, 0.15) is 0 Å². The number of anilines is 3. The summed E-state index contributed by atoms with van der Waals surface area (Å²) in [6.07, 6.45) is 0. The van der Waals surface area contributed by atoms with Crippen LogP contribution in [0.2, 0.25) is 0 Å². The van der Waals surface area contributed by atoms with Crippen molar-refractivity contribution >= 4 is 49.5 Å². The first-order valence-electron chi connectivity index (χ1n) is 18.5. The molecule has 0 saturated heterocycles. The minimum atomic E-state index is 0.690. The van der Waals surface area contributed by atoms with Crippen molar-refractivity contribution in [3.63, 3.8) is 0 Å². The molecule has 10 aromatic rings. The van der Waals surface area contributed by atoms with E-state index in [0.29, 0.717) is 5.82 Å². The summed E-state index contributed by atoms with van der Waals surface area (Å²) < 4.78 is 0. The van der Waals surface area contributed by atoms with Crippen LogP contribution in [0.25, 0.3) is 77.6 Å². The molecule has 10 rings (SSSR count). The number of benzene rings is 8.